The van der Waals surface area contributed by atoms with Crippen molar-refractivity contribution in [2.75, 3.05) is 0 Å². The molecular weight excluding hydrogens is 168 g/mol. The molecule has 0 atom stereocenters. The maximum Gasteiger partial charge on any atom is -0.0276 e. The Balaban J connectivity index is 2.25. The molecule has 0 aliphatic carbocycles. The van der Waals surface area contributed by atoms with Gasteiger partial charge in [-0.25, -0.2) is 0 Å². The van der Waals surface area contributed by atoms with Crippen molar-refractivity contribution in [1.82, 2.24) is 0 Å². The van der Waals surface area contributed by atoms with Crippen LogP contribution < -0.4 is 0 Å². The lowest BCUT2D eigenvalue weighted by Gasteiger charge is -2.01. The highest BCUT2D eigenvalue weighted by Crippen LogP contribution is 2.09. The fourth-order valence-corrected chi connectivity index (χ4v) is 1.48. The van der Waals surface area contributed by atoms with Crippen LogP contribution in [-0.4, -0.2) is 0 Å². The molecule has 0 N–H and O–H groups in total. The topological polar surface area (TPSA) is 0 Å². The first-order valence-electron chi connectivity index (χ1n) is 5.17. The number of hydrogen-bond donors (Lipinski definition) is 0. The highest BCUT2D eigenvalue weighted by atomic mass is 14.0. The first kappa shape index (κ1) is 10.8. The maximum absolute atomic E-state index is 3.99. The molecule has 14 heavy (non-hydrogen) atoms. The Morgan fingerprint density at radius 2 is 2.00 bits per heavy atom. The van der Waals surface area contributed by atoms with E-state index in [2.05, 4.69) is 43.0 Å². The van der Waals surface area contributed by atoms with Gasteiger partial charge in [0.2, 0.25) is 0 Å². The molecule has 74 valence electrons. The third-order valence-corrected chi connectivity index (χ3v) is 2.21. The van der Waals surface area contributed by atoms with Crippen LogP contribution >= 0.6 is 0 Å². The van der Waals surface area contributed by atoms with Crippen molar-refractivity contribution in [1.29, 1.82) is 0 Å². The Labute approximate surface area is 87.0 Å². The number of aryl methyl sites for hydroxylation is 1. The van der Waals surface area contributed by atoms with Gasteiger partial charge in [-0.3, -0.25) is 0 Å². The van der Waals surface area contributed by atoms with Crippen LogP contribution in [0.2, 0.25) is 0 Å². The molecule has 0 heterocycles. The summed E-state index contributed by atoms with van der Waals surface area (Å²) >= 11 is 0. The van der Waals surface area contributed by atoms with Crippen LogP contribution in [0.4, 0.5) is 0 Å². The van der Waals surface area contributed by atoms with Crippen LogP contribution in [0.15, 0.2) is 54.6 Å². The first-order chi connectivity index (χ1) is 6.83. The Morgan fingerprint density at radius 1 is 1.29 bits per heavy atom. The normalized spacial score (nSPS) is 10.6. The highest BCUT2D eigenvalue weighted by molar-refractivity contribution is 5.16. The minimum Gasteiger partial charge on any atom is -0.0958 e. The van der Waals surface area contributed by atoms with Gasteiger partial charge in [-0.1, -0.05) is 54.6 Å². The summed E-state index contributed by atoms with van der Waals surface area (Å²) in [5.41, 5.74) is 2.64. The highest BCUT2D eigenvalue weighted by Gasteiger charge is 1.92. The van der Waals surface area contributed by atoms with E-state index in [0.29, 0.717) is 0 Å². The van der Waals surface area contributed by atoms with Gasteiger partial charge in [0, 0.05) is 0 Å². The zero-order valence-corrected chi connectivity index (χ0v) is 8.87. The van der Waals surface area contributed by atoms with E-state index in [1.807, 2.05) is 13.0 Å². The van der Waals surface area contributed by atoms with Gasteiger partial charge in [0.25, 0.3) is 0 Å². The van der Waals surface area contributed by atoms with Crippen LogP contribution in [0, 0.1) is 0 Å². The third kappa shape index (κ3) is 4.08. The van der Waals surface area contributed by atoms with E-state index in [-0.39, 0.29) is 0 Å². The van der Waals surface area contributed by atoms with Crippen molar-refractivity contribution in [3.05, 3.63) is 60.2 Å². The van der Waals surface area contributed by atoms with E-state index >= 15 is 0 Å². The Morgan fingerprint density at radius 3 is 2.64 bits per heavy atom. The summed E-state index contributed by atoms with van der Waals surface area (Å²) in [6.07, 6.45) is 7.57. The fraction of sp³-hybridized carbons (Fsp3) is 0.286. The van der Waals surface area contributed by atoms with Crippen molar-refractivity contribution in [2.45, 2.75) is 26.2 Å². The number of allylic oxidation sites excluding steroid dienone is 3. The first-order valence-corrected chi connectivity index (χ1v) is 5.17. The molecule has 1 aromatic carbocycles. The Hall–Kier alpha value is -1.30. The van der Waals surface area contributed by atoms with Crippen molar-refractivity contribution < 1.29 is 0 Å². The fourth-order valence-electron chi connectivity index (χ4n) is 1.48. The lowest BCUT2D eigenvalue weighted by molar-refractivity contribution is 0.825. The number of benzene rings is 1. The molecule has 0 radical (unpaired) electrons. The Bertz CT molecular complexity index is 293. The average Bonchev–Trinajstić information content (AvgIpc) is 2.20. The summed E-state index contributed by atoms with van der Waals surface area (Å²) < 4.78 is 0. The number of rotatable bonds is 5. The predicted molar refractivity (Wildman–Crippen MR) is 63.3 cm³/mol. The second-order valence-corrected chi connectivity index (χ2v) is 3.50. The van der Waals surface area contributed by atoms with Gasteiger partial charge in [-0.2, -0.15) is 0 Å². The van der Waals surface area contributed by atoms with Gasteiger partial charge < -0.3 is 0 Å². The minimum absolute atomic E-state index is 1.10. The van der Waals surface area contributed by atoms with E-state index in [4.69, 9.17) is 0 Å². The standard InChI is InChI=1S/C14H18/c1-3-8-13(2)9-7-12-14-10-5-4-6-11-14/h3-6,8,10-11H,2,7,9,12H2,1H3/b8-3+. The van der Waals surface area contributed by atoms with E-state index in [9.17, 15) is 0 Å². The molecule has 0 spiro atoms. The molecule has 1 aromatic rings. The number of hydrogen-bond acceptors (Lipinski definition) is 0. The second kappa shape index (κ2) is 6.20. The molecule has 0 unspecified atom stereocenters. The summed E-state index contributed by atoms with van der Waals surface area (Å²) in [4.78, 5) is 0. The van der Waals surface area contributed by atoms with Gasteiger partial charge in [0.1, 0.15) is 0 Å². The molecule has 0 bridgehead atoms. The summed E-state index contributed by atoms with van der Waals surface area (Å²) in [5.74, 6) is 0. The smallest absolute Gasteiger partial charge is 0.0276 e. The van der Waals surface area contributed by atoms with Gasteiger partial charge in [0.15, 0.2) is 0 Å². The van der Waals surface area contributed by atoms with Crippen molar-refractivity contribution in [3.8, 4) is 0 Å². The van der Waals surface area contributed by atoms with E-state index in [1.165, 1.54) is 17.6 Å². The maximum atomic E-state index is 3.99. The lowest BCUT2D eigenvalue weighted by atomic mass is 10.1. The predicted octanol–water partition coefficient (Wildman–Crippen LogP) is 4.14. The largest absolute Gasteiger partial charge is 0.0958 e. The summed E-state index contributed by atoms with van der Waals surface area (Å²) in [5, 5.41) is 0. The molecule has 0 aromatic heterocycles. The SMILES string of the molecule is C=C(/C=C/C)CCCc1ccccc1. The van der Waals surface area contributed by atoms with Gasteiger partial charge in [-0.05, 0) is 31.7 Å². The van der Waals surface area contributed by atoms with Crippen molar-refractivity contribution in [3.63, 3.8) is 0 Å². The van der Waals surface area contributed by atoms with Crippen LogP contribution in [-0.2, 0) is 6.42 Å². The van der Waals surface area contributed by atoms with Crippen LogP contribution in [0.5, 0.6) is 0 Å². The quantitative estimate of drug-likeness (QED) is 0.606. The second-order valence-electron chi connectivity index (χ2n) is 3.50. The average molecular weight is 186 g/mol. The van der Waals surface area contributed by atoms with Gasteiger partial charge in [-0.15, -0.1) is 0 Å². The molecule has 0 saturated carbocycles. The zero-order chi connectivity index (χ0) is 10.2. The molecule has 0 heteroatoms. The van der Waals surface area contributed by atoms with Crippen molar-refractivity contribution in [2.24, 2.45) is 0 Å². The third-order valence-electron chi connectivity index (χ3n) is 2.21. The summed E-state index contributed by atoms with van der Waals surface area (Å²) in [7, 11) is 0. The molecule has 0 amide bonds. The van der Waals surface area contributed by atoms with E-state index < -0.39 is 0 Å². The molecule has 0 aliphatic heterocycles. The van der Waals surface area contributed by atoms with E-state index in [1.54, 1.807) is 0 Å². The van der Waals surface area contributed by atoms with Gasteiger partial charge in [0.05, 0.1) is 0 Å². The molecular formula is C14H18. The molecule has 0 fully saturated rings. The molecule has 1 rings (SSSR count). The van der Waals surface area contributed by atoms with Crippen LogP contribution in [0.3, 0.4) is 0 Å². The monoisotopic (exact) mass is 186 g/mol. The van der Waals surface area contributed by atoms with Crippen molar-refractivity contribution >= 4 is 0 Å². The molecule has 0 aliphatic rings. The molecule has 0 nitrogen and oxygen atoms in total. The summed E-state index contributed by atoms with van der Waals surface area (Å²) in [6.45, 7) is 6.02. The van der Waals surface area contributed by atoms with Gasteiger partial charge >= 0.3 is 0 Å². The van der Waals surface area contributed by atoms with Crippen LogP contribution in [0.25, 0.3) is 0 Å². The Kier molecular flexibility index (Phi) is 4.77. The van der Waals surface area contributed by atoms with Crippen LogP contribution in [0.1, 0.15) is 25.3 Å². The molecule has 0 saturated heterocycles. The lowest BCUT2D eigenvalue weighted by Crippen LogP contribution is -1.85. The van der Waals surface area contributed by atoms with E-state index in [0.717, 1.165) is 12.8 Å². The zero-order valence-electron chi connectivity index (χ0n) is 8.87. The summed E-state index contributed by atoms with van der Waals surface area (Å²) in [6, 6.07) is 10.6. The minimum atomic E-state index is 1.10.